The summed E-state index contributed by atoms with van der Waals surface area (Å²) in [5, 5.41) is 2.95. The lowest BCUT2D eigenvalue weighted by Crippen LogP contribution is -2.27. The van der Waals surface area contributed by atoms with Crippen molar-refractivity contribution in [2.45, 2.75) is 38.6 Å². The molecule has 0 bridgehead atoms. The van der Waals surface area contributed by atoms with Crippen LogP contribution in [0.25, 0.3) is 0 Å². The van der Waals surface area contributed by atoms with Gasteiger partial charge in [-0.05, 0) is 62.6 Å². The molecular weight excluding hydrogens is 460 g/mol. The molecule has 3 rings (SSSR count). The Morgan fingerprint density at radius 2 is 1.64 bits per heavy atom. The van der Waals surface area contributed by atoms with E-state index in [2.05, 4.69) is 10.0 Å². The predicted molar refractivity (Wildman–Crippen MR) is 131 cm³/mol. The fourth-order valence-corrected chi connectivity index (χ4v) is 5.13. The minimum Gasteiger partial charge on any atom is -0.482 e. The van der Waals surface area contributed by atoms with Crippen molar-refractivity contribution >= 4 is 33.2 Å². The number of anilines is 1. The van der Waals surface area contributed by atoms with E-state index in [4.69, 9.17) is 16.3 Å². The minimum atomic E-state index is -3.80. The number of rotatable bonds is 8. The third kappa shape index (κ3) is 6.35. The van der Waals surface area contributed by atoms with Crippen molar-refractivity contribution in [3.05, 3.63) is 87.9 Å². The number of carbonyl (C=O) groups excluding carboxylic acids is 1. The zero-order valence-electron chi connectivity index (χ0n) is 19.0. The van der Waals surface area contributed by atoms with Crippen molar-refractivity contribution < 1.29 is 17.9 Å². The Morgan fingerprint density at radius 1 is 1.00 bits per heavy atom. The van der Waals surface area contributed by atoms with Crippen molar-refractivity contribution in [3.8, 4) is 5.75 Å². The lowest BCUT2D eigenvalue weighted by atomic mass is 10.1. The molecule has 0 aliphatic rings. The van der Waals surface area contributed by atoms with E-state index in [1.54, 1.807) is 6.92 Å². The zero-order chi connectivity index (χ0) is 24.2. The van der Waals surface area contributed by atoms with Crippen LogP contribution in [0.2, 0.25) is 5.02 Å². The van der Waals surface area contributed by atoms with Gasteiger partial charge in [0.1, 0.15) is 5.75 Å². The average Bonchev–Trinajstić information content (AvgIpc) is 2.75. The van der Waals surface area contributed by atoms with Crippen molar-refractivity contribution in [2.75, 3.05) is 11.9 Å². The zero-order valence-corrected chi connectivity index (χ0v) is 20.5. The lowest BCUT2D eigenvalue weighted by molar-refractivity contribution is -0.118. The minimum absolute atomic E-state index is 0.0120. The number of halogens is 1. The largest absolute Gasteiger partial charge is 0.482 e. The highest BCUT2D eigenvalue weighted by atomic mass is 35.5. The summed E-state index contributed by atoms with van der Waals surface area (Å²) >= 11 is 6.25. The standard InChI is InChI=1S/C25H27ClN2O4S/c1-16-12-17(2)25(18(3)13-16)27-24(29)15-32-23-11-10-21(14-22(23)26)33(30,31)28-19(4)20-8-6-5-7-9-20/h5-14,19,28H,15H2,1-4H3,(H,27,29)/t19-/m0/s1. The van der Waals surface area contributed by atoms with Gasteiger partial charge in [-0.15, -0.1) is 0 Å². The van der Waals surface area contributed by atoms with Crippen molar-refractivity contribution in [2.24, 2.45) is 0 Å². The highest BCUT2D eigenvalue weighted by Gasteiger charge is 2.20. The first-order chi connectivity index (χ1) is 15.6. The van der Waals surface area contributed by atoms with Gasteiger partial charge in [-0.2, -0.15) is 0 Å². The van der Waals surface area contributed by atoms with Gasteiger partial charge in [0.15, 0.2) is 6.61 Å². The van der Waals surface area contributed by atoms with E-state index in [9.17, 15) is 13.2 Å². The summed E-state index contributed by atoms with van der Waals surface area (Å²) in [6.07, 6.45) is 0. The molecule has 0 radical (unpaired) electrons. The van der Waals surface area contributed by atoms with E-state index in [0.717, 1.165) is 27.9 Å². The van der Waals surface area contributed by atoms with Crippen LogP contribution in [0.15, 0.2) is 65.6 Å². The molecule has 33 heavy (non-hydrogen) atoms. The third-order valence-electron chi connectivity index (χ3n) is 5.15. The second kappa shape index (κ2) is 10.4. The van der Waals surface area contributed by atoms with Crippen molar-refractivity contribution in [3.63, 3.8) is 0 Å². The molecule has 0 aromatic heterocycles. The smallest absolute Gasteiger partial charge is 0.262 e. The predicted octanol–water partition coefficient (Wildman–Crippen LogP) is 5.32. The summed E-state index contributed by atoms with van der Waals surface area (Å²) < 4.78 is 33.7. The van der Waals surface area contributed by atoms with Crippen LogP contribution >= 0.6 is 11.6 Å². The second-order valence-electron chi connectivity index (χ2n) is 7.96. The van der Waals surface area contributed by atoms with E-state index in [-0.39, 0.29) is 28.2 Å². The van der Waals surface area contributed by atoms with E-state index in [1.807, 2.05) is 63.2 Å². The molecule has 3 aromatic rings. The van der Waals surface area contributed by atoms with Crippen LogP contribution in [-0.2, 0) is 14.8 Å². The number of ether oxygens (including phenoxy) is 1. The third-order valence-corrected chi connectivity index (χ3v) is 6.98. The monoisotopic (exact) mass is 486 g/mol. The first-order valence-corrected chi connectivity index (χ1v) is 12.3. The van der Waals surface area contributed by atoms with Crippen LogP contribution in [0.4, 0.5) is 5.69 Å². The molecule has 0 aliphatic carbocycles. The molecule has 6 nitrogen and oxygen atoms in total. The van der Waals surface area contributed by atoms with Gasteiger partial charge in [0, 0.05) is 11.7 Å². The summed E-state index contributed by atoms with van der Waals surface area (Å²) in [6.45, 7) is 7.36. The average molecular weight is 487 g/mol. The summed E-state index contributed by atoms with van der Waals surface area (Å²) in [6, 6.07) is 17.0. The van der Waals surface area contributed by atoms with Crippen LogP contribution in [0.5, 0.6) is 5.75 Å². The SMILES string of the molecule is Cc1cc(C)c(NC(=O)COc2ccc(S(=O)(=O)N[C@@H](C)c3ccccc3)cc2Cl)c(C)c1. The highest BCUT2D eigenvalue weighted by molar-refractivity contribution is 7.89. The van der Waals surface area contributed by atoms with Crippen molar-refractivity contribution in [1.29, 1.82) is 0 Å². The maximum Gasteiger partial charge on any atom is 0.262 e. The molecule has 174 valence electrons. The molecule has 0 spiro atoms. The maximum absolute atomic E-state index is 12.8. The van der Waals surface area contributed by atoms with Crippen LogP contribution < -0.4 is 14.8 Å². The Hall–Kier alpha value is -2.87. The number of hydrogen-bond donors (Lipinski definition) is 2. The quantitative estimate of drug-likeness (QED) is 0.451. The molecule has 0 aliphatic heterocycles. The Labute approximate surface area is 200 Å². The van der Waals surface area contributed by atoms with Crippen LogP contribution in [0.1, 0.15) is 35.2 Å². The number of carbonyl (C=O) groups is 1. The summed E-state index contributed by atoms with van der Waals surface area (Å²) in [7, 11) is -3.80. The van der Waals surface area contributed by atoms with Crippen LogP contribution in [0.3, 0.4) is 0 Å². The molecule has 8 heteroatoms. The van der Waals surface area contributed by atoms with E-state index < -0.39 is 16.1 Å². The highest BCUT2D eigenvalue weighted by Crippen LogP contribution is 2.28. The molecule has 0 unspecified atom stereocenters. The van der Waals surface area contributed by atoms with Gasteiger partial charge in [0.2, 0.25) is 10.0 Å². The van der Waals surface area contributed by atoms with E-state index in [1.165, 1.54) is 18.2 Å². The number of amides is 1. The summed E-state index contributed by atoms with van der Waals surface area (Å²) in [5.74, 6) is -0.115. The molecule has 0 fully saturated rings. The molecule has 1 amide bonds. The van der Waals surface area contributed by atoms with Gasteiger partial charge in [-0.3, -0.25) is 4.79 Å². The molecule has 2 N–H and O–H groups in total. The van der Waals surface area contributed by atoms with Crippen molar-refractivity contribution in [1.82, 2.24) is 4.72 Å². The lowest BCUT2D eigenvalue weighted by Gasteiger charge is -2.16. The molecule has 0 saturated carbocycles. The topological polar surface area (TPSA) is 84.5 Å². The number of sulfonamides is 1. The molecule has 0 saturated heterocycles. The second-order valence-corrected chi connectivity index (χ2v) is 10.1. The van der Waals surface area contributed by atoms with Gasteiger partial charge >= 0.3 is 0 Å². The maximum atomic E-state index is 12.8. The normalized spacial score (nSPS) is 12.3. The number of aryl methyl sites for hydroxylation is 3. The Bertz CT molecular complexity index is 1240. The Kier molecular flexibility index (Phi) is 7.79. The fourth-order valence-electron chi connectivity index (χ4n) is 3.57. The Morgan fingerprint density at radius 3 is 2.24 bits per heavy atom. The molecule has 0 heterocycles. The van der Waals surface area contributed by atoms with Gasteiger partial charge in [-0.1, -0.05) is 59.6 Å². The van der Waals surface area contributed by atoms with Crippen LogP contribution in [0, 0.1) is 20.8 Å². The summed E-state index contributed by atoms with van der Waals surface area (Å²) in [4.78, 5) is 12.4. The van der Waals surface area contributed by atoms with E-state index in [0.29, 0.717) is 0 Å². The number of nitrogens with one attached hydrogen (secondary N) is 2. The first-order valence-electron chi connectivity index (χ1n) is 10.4. The fraction of sp³-hybridized carbons (Fsp3) is 0.240. The van der Waals surface area contributed by atoms with Gasteiger partial charge in [0.05, 0.1) is 9.92 Å². The number of benzene rings is 3. The van der Waals surface area contributed by atoms with E-state index >= 15 is 0 Å². The summed E-state index contributed by atoms with van der Waals surface area (Å²) in [5.41, 5.74) is 4.64. The molecule has 1 atom stereocenters. The van der Waals surface area contributed by atoms with Gasteiger partial charge in [-0.25, -0.2) is 13.1 Å². The van der Waals surface area contributed by atoms with Gasteiger partial charge in [0.25, 0.3) is 5.91 Å². The first kappa shape index (κ1) is 24.8. The van der Waals surface area contributed by atoms with Crippen LogP contribution in [-0.4, -0.2) is 20.9 Å². The van der Waals surface area contributed by atoms with Gasteiger partial charge < -0.3 is 10.1 Å². The Balaban J connectivity index is 1.65. The molecule has 3 aromatic carbocycles. The number of hydrogen-bond acceptors (Lipinski definition) is 4. The molecular formula is C25H27ClN2O4S.